The van der Waals surface area contributed by atoms with Crippen LogP contribution in [-0.4, -0.2) is 78.2 Å². The van der Waals surface area contributed by atoms with Crippen molar-refractivity contribution in [2.24, 2.45) is 5.92 Å². The number of hydrogen-bond acceptors (Lipinski definition) is 7. The van der Waals surface area contributed by atoms with E-state index in [1.807, 2.05) is 50.0 Å². The third kappa shape index (κ3) is 4.78. The van der Waals surface area contributed by atoms with E-state index in [1.165, 1.54) is 0 Å². The lowest BCUT2D eigenvalue weighted by atomic mass is 9.97. The van der Waals surface area contributed by atoms with E-state index in [1.54, 1.807) is 7.11 Å². The van der Waals surface area contributed by atoms with Crippen LogP contribution in [0.1, 0.15) is 24.2 Å². The largest absolute Gasteiger partial charge is 0.497 e. The Hall–Kier alpha value is -3.20. The first-order chi connectivity index (χ1) is 15.9. The van der Waals surface area contributed by atoms with Crippen LogP contribution < -0.4 is 15.0 Å². The number of ether oxygens (including phenoxy) is 1. The van der Waals surface area contributed by atoms with Gasteiger partial charge in [0.05, 0.1) is 35.5 Å². The number of methoxy groups -OCH3 is 1. The SMILES string of the molecule is COc1ccc(-n2nc3c(N4CCCC(C(=O)NCCN(C)C)C4)nnc(C)c3c2C)cc1. The number of benzene rings is 1. The maximum absolute atomic E-state index is 12.7. The van der Waals surface area contributed by atoms with Gasteiger partial charge in [-0.1, -0.05) is 0 Å². The number of rotatable bonds is 7. The minimum atomic E-state index is -0.0659. The lowest BCUT2D eigenvalue weighted by molar-refractivity contribution is -0.125. The molecule has 3 heterocycles. The lowest BCUT2D eigenvalue weighted by Crippen LogP contribution is -2.44. The molecule has 1 aliphatic heterocycles. The zero-order chi connectivity index (χ0) is 23.5. The zero-order valence-electron chi connectivity index (χ0n) is 20.1. The van der Waals surface area contributed by atoms with E-state index >= 15 is 0 Å². The minimum absolute atomic E-state index is 0.0659. The van der Waals surface area contributed by atoms with Gasteiger partial charge >= 0.3 is 0 Å². The molecule has 4 rings (SSSR count). The van der Waals surface area contributed by atoms with Crippen LogP contribution in [0.25, 0.3) is 16.6 Å². The molecule has 9 nitrogen and oxygen atoms in total. The number of carbonyl (C=O) groups is 1. The number of nitrogens with zero attached hydrogens (tertiary/aromatic N) is 6. The number of likely N-dealkylation sites (N-methyl/N-ethyl adjacent to an activating group) is 1. The second-order valence-corrected chi connectivity index (χ2v) is 8.91. The molecule has 1 amide bonds. The molecule has 0 radical (unpaired) electrons. The van der Waals surface area contributed by atoms with Gasteiger partial charge in [0, 0.05) is 26.2 Å². The average molecular weight is 452 g/mol. The van der Waals surface area contributed by atoms with Gasteiger partial charge < -0.3 is 19.9 Å². The predicted octanol–water partition coefficient (Wildman–Crippen LogP) is 2.34. The predicted molar refractivity (Wildman–Crippen MR) is 129 cm³/mol. The fraction of sp³-hybridized carbons (Fsp3) is 0.500. The molecule has 0 aliphatic carbocycles. The van der Waals surface area contributed by atoms with Gasteiger partial charge in [-0.15, -0.1) is 5.10 Å². The highest BCUT2D eigenvalue weighted by molar-refractivity contribution is 5.92. The molecule has 1 unspecified atom stereocenters. The first kappa shape index (κ1) is 23.0. The summed E-state index contributed by atoms with van der Waals surface area (Å²) < 4.78 is 7.22. The molecule has 0 saturated carbocycles. The molecular formula is C24H33N7O2. The number of aryl methyl sites for hydroxylation is 2. The Balaban J connectivity index is 1.62. The summed E-state index contributed by atoms with van der Waals surface area (Å²) in [4.78, 5) is 17.0. The van der Waals surface area contributed by atoms with Crippen LogP contribution in [0, 0.1) is 19.8 Å². The monoisotopic (exact) mass is 451 g/mol. The third-order valence-corrected chi connectivity index (χ3v) is 6.25. The fourth-order valence-corrected chi connectivity index (χ4v) is 4.43. The summed E-state index contributed by atoms with van der Waals surface area (Å²) >= 11 is 0. The Bertz CT molecular complexity index is 1120. The van der Waals surface area contributed by atoms with E-state index in [4.69, 9.17) is 9.84 Å². The van der Waals surface area contributed by atoms with E-state index in [2.05, 4.69) is 32.2 Å². The van der Waals surface area contributed by atoms with Crippen LogP contribution in [0.4, 0.5) is 5.82 Å². The molecular weight excluding hydrogens is 418 g/mol. The van der Waals surface area contributed by atoms with E-state index in [0.717, 1.165) is 65.5 Å². The highest BCUT2D eigenvalue weighted by atomic mass is 16.5. The lowest BCUT2D eigenvalue weighted by Gasteiger charge is -2.32. The van der Waals surface area contributed by atoms with Crippen molar-refractivity contribution < 1.29 is 9.53 Å². The number of amides is 1. The Morgan fingerprint density at radius 3 is 2.67 bits per heavy atom. The van der Waals surface area contributed by atoms with Gasteiger partial charge in [0.25, 0.3) is 0 Å². The number of fused-ring (bicyclic) bond motifs is 1. The second-order valence-electron chi connectivity index (χ2n) is 8.91. The quantitative estimate of drug-likeness (QED) is 0.590. The summed E-state index contributed by atoms with van der Waals surface area (Å²) in [6.45, 7) is 6.95. The second kappa shape index (κ2) is 9.74. The van der Waals surface area contributed by atoms with Crippen molar-refractivity contribution in [2.45, 2.75) is 26.7 Å². The minimum Gasteiger partial charge on any atom is -0.497 e. The van der Waals surface area contributed by atoms with Crippen molar-refractivity contribution in [2.75, 3.05) is 52.3 Å². The molecule has 33 heavy (non-hydrogen) atoms. The molecule has 0 bridgehead atoms. The highest BCUT2D eigenvalue weighted by Crippen LogP contribution is 2.31. The molecule has 1 fully saturated rings. The summed E-state index contributed by atoms with van der Waals surface area (Å²) in [7, 11) is 5.66. The normalized spacial score (nSPS) is 16.4. The van der Waals surface area contributed by atoms with Crippen molar-refractivity contribution in [1.29, 1.82) is 0 Å². The molecule has 1 saturated heterocycles. The van der Waals surface area contributed by atoms with Crippen LogP contribution in [0.5, 0.6) is 5.75 Å². The van der Waals surface area contributed by atoms with E-state index in [9.17, 15) is 4.79 Å². The molecule has 0 spiro atoms. The standard InChI is InChI=1S/C24H33N7O2/c1-16-21-17(2)31(19-8-10-20(33-5)11-9-19)28-22(21)23(27-26-16)30-13-6-7-18(15-30)24(32)25-12-14-29(3)4/h8-11,18H,6-7,12-15H2,1-5H3,(H,25,32). The Morgan fingerprint density at radius 1 is 1.21 bits per heavy atom. The van der Waals surface area contributed by atoms with E-state index < -0.39 is 0 Å². The molecule has 176 valence electrons. The van der Waals surface area contributed by atoms with Crippen molar-refractivity contribution in [3.05, 3.63) is 35.7 Å². The van der Waals surface area contributed by atoms with Crippen molar-refractivity contribution in [1.82, 2.24) is 30.2 Å². The topological polar surface area (TPSA) is 88.4 Å². The maximum atomic E-state index is 12.7. The number of carbonyl (C=O) groups excluding carboxylic acids is 1. The summed E-state index contributed by atoms with van der Waals surface area (Å²) in [5, 5.41) is 18.0. The van der Waals surface area contributed by atoms with E-state index in [0.29, 0.717) is 13.1 Å². The van der Waals surface area contributed by atoms with Crippen LogP contribution in [0.3, 0.4) is 0 Å². The molecule has 3 aromatic rings. The summed E-state index contributed by atoms with van der Waals surface area (Å²) in [6, 6.07) is 7.83. The van der Waals surface area contributed by atoms with Crippen LogP contribution in [0.15, 0.2) is 24.3 Å². The zero-order valence-corrected chi connectivity index (χ0v) is 20.1. The molecule has 1 aromatic carbocycles. The molecule has 1 atom stereocenters. The number of anilines is 1. The maximum Gasteiger partial charge on any atom is 0.224 e. The first-order valence-electron chi connectivity index (χ1n) is 11.4. The van der Waals surface area contributed by atoms with Gasteiger partial charge in [-0.2, -0.15) is 10.2 Å². The van der Waals surface area contributed by atoms with Crippen molar-refractivity contribution >= 4 is 22.6 Å². The number of piperidine rings is 1. The Labute approximate surface area is 194 Å². The third-order valence-electron chi connectivity index (χ3n) is 6.25. The molecule has 9 heteroatoms. The molecule has 1 aliphatic rings. The number of hydrogen-bond donors (Lipinski definition) is 1. The smallest absolute Gasteiger partial charge is 0.224 e. The van der Waals surface area contributed by atoms with Crippen LogP contribution in [-0.2, 0) is 4.79 Å². The summed E-state index contributed by atoms with van der Waals surface area (Å²) in [6.07, 6.45) is 1.81. The van der Waals surface area contributed by atoms with Gasteiger partial charge in [0.1, 0.15) is 11.3 Å². The van der Waals surface area contributed by atoms with Crippen LogP contribution in [0.2, 0.25) is 0 Å². The Morgan fingerprint density at radius 2 is 1.97 bits per heavy atom. The number of nitrogens with one attached hydrogen (secondary N) is 1. The van der Waals surface area contributed by atoms with Crippen LogP contribution >= 0.6 is 0 Å². The van der Waals surface area contributed by atoms with Gasteiger partial charge in [0.2, 0.25) is 5.91 Å². The highest BCUT2D eigenvalue weighted by Gasteiger charge is 2.29. The fourth-order valence-electron chi connectivity index (χ4n) is 4.43. The number of aromatic nitrogens is 4. The van der Waals surface area contributed by atoms with E-state index in [-0.39, 0.29) is 11.8 Å². The van der Waals surface area contributed by atoms with Gasteiger partial charge in [0.15, 0.2) is 5.82 Å². The van der Waals surface area contributed by atoms with Gasteiger partial charge in [-0.05, 0) is 65.0 Å². The van der Waals surface area contributed by atoms with Gasteiger partial charge in [-0.25, -0.2) is 4.68 Å². The van der Waals surface area contributed by atoms with Gasteiger partial charge in [-0.3, -0.25) is 4.79 Å². The summed E-state index contributed by atoms with van der Waals surface area (Å²) in [5.74, 6) is 1.59. The molecule has 1 N–H and O–H groups in total. The summed E-state index contributed by atoms with van der Waals surface area (Å²) in [5.41, 5.74) is 3.64. The molecule has 2 aromatic heterocycles. The Kier molecular flexibility index (Phi) is 6.78. The average Bonchev–Trinajstić information content (AvgIpc) is 3.17. The van der Waals surface area contributed by atoms with Crippen molar-refractivity contribution in [3.8, 4) is 11.4 Å². The first-order valence-corrected chi connectivity index (χ1v) is 11.4. The van der Waals surface area contributed by atoms with Crippen molar-refractivity contribution in [3.63, 3.8) is 0 Å².